The Hall–Kier alpha value is -1.80. The molecule has 9 heteroatoms. The fourth-order valence-corrected chi connectivity index (χ4v) is 4.65. The minimum atomic E-state index is -0.166. The van der Waals surface area contributed by atoms with E-state index in [1.807, 2.05) is 25.1 Å². The first kappa shape index (κ1) is 25.8. The molecule has 1 aliphatic rings. The summed E-state index contributed by atoms with van der Waals surface area (Å²) in [6.07, 6.45) is 7.56. The molecule has 0 aromatic heterocycles. The lowest BCUT2D eigenvalue weighted by Crippen LogP contribution is -2.38. The quantitative estimate of drug-likeness (QED) is 0.274. The minimum Gasteiger partial charge on any atom is -0.490 e. The average Bonchev–Trinajstić information content (AvgIpc) is 2.79. The summed E-state index contributed by atoms with van der Waals surface area (Å²) < 4.78 is 12.5. The molecule has 0 bridgehead atoms. The van der Waals surface area contributed by atoms with E-state index >= 15 is 0 Å². The summed E-state index contributed by atoms with van der Waals surface area (Å²) in [6, 6.07) is 9.35. The van der Waals surface area contributed by atoms with Crippen LogP contribution in [0.2, 0.25) is 10.0 Å². The standard InChI is InChI=1S/C24H28BrCl2N3O3/c1-2-32-22-11-16(13-29-30-23(31)14-28-19-6-4-3-5-7-19)10-20(25)24(22)33-15-17-8-9-18(26)12-21(17)27/h8-13,19,28H,2-7,14-15H2,1H3,(H,30,31)/b29-13-. The molecule has 1 aliphatic carbocycles. The lowest BCUT2D eigenvalue weighted by Gasteiger charge is -2.22. The van der Waals surface area contributed by atoms with E-state index in [4.69, 9.17) is 32.7 Å². The van der Waals surface area contributed by atoms with E-state index in [1.165, 1.54) is 19.3 Å². The van der Waals surface area contributed by atoms with Crippen molar-refractivity contribution in [2.45, 2.75) is 51.7 Å². The molecule has 33 heavy (non-hydrogen) atoms. The molecule has 0 aliphatic heterocycles. The van der Waals surface area contributed by atoms with Crippen LogP contribution in [-0.4, -0.2) is 31.3 Å². The minimum absolute atomic E-state index is 0.166. The summed E-state index contributed by atoms with van der Waals surface area (Å²) >= 11 is 15.8. The number of halogens is 3. The third-order valence-electron chi connectivity index (χ3n) is 5.28. The largest absolute Gasteiger partial charge is 0.490 e. The van der Waals surface area contributed by atoms with Gasteiger partial charge in [0.15, 0.2) is 11.5 Å². The summed E-state index contributed by atoms with van der Waals surface area (Å²) in [5.74, 6) is 0.949. The lowest BCUT2D eigenvalue weighted by molar-refractivity contribution is -0.120. The molecule has 0 saturated heterocycles. The van der Waals surface area contributed by atoms with E-state index in [0.29, 0.717) is 38.7 Å². The van der Waals surface area contributed by atoms with Crippen molar-refractivity contribution in [2.24, 2.45) is 5.10 Å². The molecule has 0 atom stereocenters. The van der Waals surface area contributed by atoms with Crippen molar-refractivity contribution >= 4 is 51.3 Å². The van der Waals surface area contributed by atoms with Gasteiger partial charge >= 0.3 is 0 Å². The zero-order valence-corrected chi connectivity index (χ0v) is 21.6. The maximum atomic E-state index is 12.1. The van der Waals surface area contributed by atoms with E-state index in [2.05, 4.69) is 31.8 Å². The van der Waals surface area contributed by atoms with Crippen LogP contribution in [0.1, 0.15) is 50.2 Å². The second-order valence-corrected chi connectivity index (χ2v) is 9.49. The number of hydrogen-bond acceptors (Lipinski definition) is 5. The Labute approximate surface area is 213 Å². The van der Waals surface area contributed by atoms with Crippen molar-refractivity contribution in [1.29, 1.82) is 0 Å². The van der Waals surface area contributed by atoms with Gasteiger partial charge in [0.25, 0.3) is 5.91 Å². The van der Waals surface area contributed by atoms with Crippen LogP contribution in [0.4, 0.5) is 0 Å². The predicted molar refractivity (Wildman–Crippen MR) is 137 cm³/mol. The molecular formula is C24H28BrCl2N3O3. The van der Waals surface area contributed by atoms with Crippen molar-refractivity contribution in [3.05, 3.63) is 56.0 Å². The molecule has 1 fully saturated rings. The molecular weight excluding hydrogens is 529 g/mol. The van der Waals surface area contributed by atoms with Crippen LogP contribution in [0, 0.1) is 0 Å². The molecule has 2 aromatic rings. The Morgan fingerprint density at radius 1 is 1.18 bits per heavy atom. The van der Waals surface area contributed by atoms with E-state index in [1.54, 1.807) is 18.3 Å². The number of carbonyl (C=O) groups excluding carboxylic acids is 1. The predicted octanol–water partition coefficient (Wildman–Crippen LogP) is 6.11. The van der Waals surface area contributed by atoms with Gasteiger partial charge < -0.3 is 14.8 Å². The maximum Gasteiger partial charge on any atom is 0.254 e. The summed E-state index contributed by atoms with van der Waals surface area (Å²) in [5, 5.41) is 8.49. The van der Waals surface area contributed by atoms with Gasteiger partial charge in [0.2, 0.25) is 0 Å². The molecule has 0 unspecified atom stereocenters. The first-order valence-electron chi connectivity index (χ1n) is 11.0. The van der Waals surface area contributed by atoms with Crippen molar-refractivity contribution in [3.63, 3.8) is 0 Å². The van der Waals surface area contributed by atoms with E-state index in [-0.39, 0.29) is 19.1 Å². The van der Waals surface area contributed by atoms with Crippen LogP contribution in [-0.2, 0) is 11.4 Å². The molecule has 178 valence electrons. The van der Waals surface area contributed by atoms with Crippen molar-refractivity contribution in [1.82, 2.24) is 10.7 Å². The van der Waals surface area contributed by atoms with Gasteiger partial charge in [-0.15, -0.1) is 0 Å². The molecule has 2 aromatic carbocycles. The van der Waals surface area contributed by atoms with Gasteiger partial charge in [-0.2, -0.15) is 5.10 Å². The van der Waals surface area contributed by atoms with Gasteiger partial charge in [-0.1, -0.05) is 48.5 Å². The number of carbonyl (C=O) groups is 1. The number of amides is 1. The van der Waals surface area contributed by atoms with Gasteiger partial charge in [-0.25, -0.2) is 5.43 Å². The summed E-state index contributed by atoms with van der Waals surface area (Å²) in [7, 11) is 0. The Bertz CT molecular complexity index is 982. The molecule has 0 heterocycles. The Morgan fingerprint density at radius 3 is 2.70 bits per heavy atom. The van der Waals surface area contributed by atoms with Gasteiger partial charge in [0.05, 0.1) is 23.8 Å². The first-order chi connectivity index (χ1) is 16.0. The zero-order valence-electron chi connectivity index (χ0n) is 18.5. The third kappa shape index (κ3) is 8.18. The van der Waals surface area contributed by atoms with Crippen molar-refractivity contribution in [2.75, 3.05) is 13.2 Å². The highest BCUT2D eigenvalue weighted by molar-refractivity contribution is 9.10. The average molecular weight is 557 g/mol. The van der Waals surface area contributed by atoms with Crippen molar-refractivity contribution in [3.8, 4) is 11.5 Å². The highest BCUT2D eigenvalue weighted by atomic mass is 79.9. The lowest BCUT2D eigenvalue weighted by atomic mass is 9.95. The molecule has 1 amide bonds. The van der Waals surface area contributed by atoms with E-state index < -0.39 is 0 Å². The number of benzene rings is 2. The van der Waals surface area contributed by atoms with Gasteiger partial charge in [-0.3, -0.25) is 4.79 Å². The fourth-order valence-electron chi connectivity index (χ4n) is 3.62. The van der Waals surface area contributed by atoms with Crippen LogP contribution in [0.3, 0.4) is 0 Å². The van der Waals surface area contributed by atoms with Gasteiger partial charge in [0.1, 0.15) is 6.61 Å². The highest BCUT2D eigenvalue weighted by Crippen LogP contribution is 2.37. The van der Waals surface area contributed by atoms with Crippen molar-refractivity contribution < 1.29 is 14.3 Å². The molecule has 1 saturated carbocycles. The van der Waals surface area contributed by atoms with Crippen LogP contribution in [0.5, 0.6) is 11.5 Å². The van der Waals surface area contributed by atoms with Gasteiger partial charge in [0, 0.05) is 21.7 Å². The zero-order chi connectivity index (χ0) is 23.6. The van der Waals surface area contributed by atoms with Crippen LogP contribution in [0.25, 0.3) is 0 Å². The second-order valence-electron chi connectivity index (χ2n) is 7.80. The first-order valence-corrected chi connectivity index (χ1v) is 12.6. The number of hydrogen-bond donors (Lipinski definition) is 2. The van der Waals surface area contributed by atoms with Crippen LogP contribution in [0.15, 0.2) is 39.9 Å². The maximum absolute atomic E-state index is 12.1. The molecule has 6 nitrogen and oxygen atoms in total. The van der Waals surface area contributed by atoms with E-state index in [0.717, 1.165) is 24.0 Å². The van der Waals surface area contributed by atoms with E-state index in [9.17, 15) is 4.79 Å². The number of ether oxygens (including phenoxy) is 2. The number of nitrogens with one attached hydrogen (secondary N) is 2. The Kier molecular flexibility index (Phi) is 10.3. The normalized spacial score (nSPS) is 14.4. The Morgan fingerprint density at radius 2 is 1.97 bits per heavy atom. The molecule has 2 N–H and O–H groups in total. The summed E-state index contributed by atoms with van der Waals surface area (Å²) in [6.45, 7) is 2.88. The molecule has 0 radical (unpaired) electrons. The third-order valence-corrected chi connectivity index (χ3v) is 6.45. The van der Waals surface area contributed by atoms with Crippen LogP contribution < -0.4 is 20.2 Å². The topological polar surface area (TPSA) is 72.0 Å². The smallest absolute Gasteiger partial charge is 0.254 e. The Balaban J connectivity index is 1.60. The van der Waals surface area contributed by atoms with Gasteiger partial charge in [-0.05, 0) is 65.5 Å². The fraction of sp³-hybridized carbons (Fsp3) is 0.417. The molecule has 3 rings (SSSR count). The number of nitrogens with zero attached hydrogens (tertiary/aromatic N) is 1. The highest BCUT2D eigenvalue weighted by Gasteiger charge is 2.15. The summed E-state index contributed by atoms with van der Waals surface area (Å²) in [5.41, 5.74) is 4.13. The summed E-state index contributed by atoms with van der Waals surface area (Å²) in [4.78, 5) is 12.1. The molecule has 0 spiro atoms. The number of rotatable bonds is 10. The SMILES string of the molecule is CCOc1cc(/C=N\NC(=O)CNC2CCCCC2)cc(Br)c1OCc1ccc(Cl)cc1Cl. The number of hydrazone groups is 1. The second kappa shape index (κ2) is 13.2. The monoisotopic (exact) mass is 555 g/mol. The van der Waals surface area contributed by atoms with Crippen LogP contribution >= 0.6 is 39.1 Å².